The maximum atomic E-state index is 13.0. The molecule has 0 saturated carbocycles. The molecule has 3 heterocycles. The zero-order valence-electron chi connectivity index (χ0n) is 16.9. The summed E-state index contributed by atoms with van der Waals surface area (Å²) in [6, 6.07) is 5.70. The minimum absolute atomic E-state index is 0.0223. The van der Waals surface area contributed by atoms with Crippen molar-refractivity contribution < 1.29 is 35.1 Å². The van der Waals surface area contributed by atoms with Gasteiger partial charge in [-0.2, -0.15) is 31.3 Å². The van der Waals surface area contributed by atoms with Crippen molar-refractivity contribution in [3.63, 3.8) is 0 Å². The number of alkyl halides is 6. The van der Waals surface area contributed by atoms with Crippen LogP contribution in [0, 0.1) is 0 Å². The van der Waals surface area contributed by atoms with E-state index in [1.54, 1.807) is 0 Å². The number of nitrogens with zero attached hydrogens (tertiary/aromatic N) is 5. The Balaban J connectivity index is 1.59. The lowest BCUT2D eigenvalue weighted by Crippen LogP contribution is -2.07. The second-order valence-electron chi connectivity index (χ2n) is 7.07. The van der Waals surface area contributed by atoms with E-state index >= 15 is 0 Å². The van der Waals surface area contributed by atoms with Gasteiger partial charge in [0.1, 0.15) is 5.65 Å². The van der Waals surface area contributed by atoms with E-state index in [9.17, 15) is 30.6 Å². The fourth-order valence-corrected chi connectivity index (χ4v) is 4.47. The minimum atomic E-state index is -4.77. The fourth-order valence-electron chi connectivity index (χ4n) is 2.93. The van der Waals surface area contributed by atoms with E-state index in [1.807, 2.05) is 0 Å². The third-order valence-corrected chi connectivity index (χ3v) is 6.65. The second-order valence-corrected chi connectivity index (χ2v) is 9.81. The van der Waals surface area contributed by atoms with Gasteiger partial charge in [0, 0.05) is 29.1 Å². The molecule has 0 radical (unpaired) electrons. The van der Waals surface area contributed by atoms with E-state index in [2.05, 4.69) is 24.0 Å². The van der Waals surface area contributed by atoms with Crippen molar-refractivity contribution >= 4 is 27.0 Å². The Morgan fingerprint density at radius 3 is 2.41 bits per heavy atom. The summed E-state index contributed by atoms with van der Waals surface area (Å²) in [7, 11) is -3.11. The number of halogens is 7. The van der Waals surface area contributed by atoms with Gasteiger partial charge in [-0.25, -0.2) is 13.6 Å². The highest BCUT2D eigenvalue weighted by Gasteiger charge is 2.38. The summed E-state index contributed by atoms with van der Waals surface area (Å²) in [5.74, 6) is -1.75. The van der Waals surface area contributed by atoms with Crippen molar-refractivity contribution in [3.8, 4) is 11.4 Å². The Labute approximate surface area is 192 Å². The van der Waals surface area contributed by atoms with Crippen LogP contribution in [0.2, 0.25) is 5.02 Å². The van der Waals surface area contributed by atoms with Gasteiger partial charge in [-0.3, -0.25) is 0 Å². The van der Waals surface area contributed by atoms with E-state index in [1.165, 1.54) is 35.2 Å². The first-order valence-electron chi connectivity index (χ1n) is 9.18. The molecule has 0 fully saturated rings. The van der Waals surface area contributed by atoms with E-state index in [4.69, 9.17) is 11.6 Å². The standard InChI is InChI=1S/C19H12ClF6N5O2S/c1-34(32,12-3-4-13(14(20)6-12)18(21,22)23)27-7-11-9-31-8-10(2-5-15(31)28-11)16-29-17(33-30-16)19(24,25)26/h2-6,8-9H,7H2,1H3. The van der Waals surface area contributed by atoms with E-state index < -0.39 is 38.6 Å². The maximum Gasteiger partial charge on any atom is 0.471 e. The summed E-state index contributed by atoms with van der Waals surface area (Å²) < 4.78 is 99.4. The monoisotopic (exact) mass is 523 g/mol. The van der Waals surface area contributed by atoms with Crippen molar-refractivity contribution in [1.29, 1.82) is 0 Å². The van der Waals surface area contributed by atoms with E-state index in [0.717, 1.165) is 18.2 Å². The van der Waals surface area contributed by atoms with Gasteiger partial charge in [0.05, 0.1) is 32.6 Å². The lowest BCUT2D eigenvalue weighted by atomic mass is 10.2. The van der Waals surface area contributed by atoms with Crippen molar-refractivity contribution in [3.05, 3.63) is 64.9 Å². The molecule has 0 spiro atoms. The molecule has 0 saturated heterocycles. The van der Waals surface area contributed by atoms with Crippen molar-refractivity contribution in [2.75, 3.05) is 6.26 Å². The first-order chi connectivity index (χ1) is 15.7. The summed E-state index contributed by atoms with van der Waals surface area (Å²) in [4.78, 5) is 7.62. The number of hydrogen-bond acceptors (Lipinski definition) is 6. The molecule has 1 atom stereocenters. The molecule has 34 heavy (non-hydrogen) atoms. The number of hydrogen-bond donors (Lipinski definition) is 0. The predicted molar refractivity (Wildman–Crippen MR) is 108 cm³/mol. The molecule has 0 N–H and O–H groups in total. The van der Waals surface area contributed by atoms with Crippen molar-refractivity contribution in [1.82, 2.24) is 19.5 Å². The largest absolute Gasteiger partial charge is 0.471 e. The average molecular weight is 524 g/mol. The summed E-state index contributed by atoms with van der Waals surface area (Å²) in [6.45, 7) is -0.147. The van der Waals surface area contributed by atoms with Crippen LogP contribution in [0.25, 0.3) is 17.0 Å². The molecule has 0 amide bonds. The highest BCUT2D eigenvalue weighted by molar-refractivity contribution is 7.93. The van der Waals surface area contributed by atoms with Gasteiger partial charge in [0.25, 0.3) is 0 Å². The number of fused-ring (bicyclic) bond motifs is 1. The molecule has 0 aliphatic heterocycles. The normalized spacial score (nSPS) is 14.4. The Morgan fingerprint density at radius 1 is 1.06 bits per heavy atom. The molecule has 0 aliphatic rings. The molecule has 180 valence electrons. The summed E-state index contributed by atoms with van der Waals surface area (Å²) in [5.41, 5.74) is -0.0537. The molecular formula is C19H12ClF6N5O2S. The van der Waals surface area contributed by atoms with Crippen LogP contribution in [-0.4, -0.2) is 30.0 Å². The zero-order valence-corrected chi connectivity index (χ0v) is 18.4. The third kappa shape index (κ3) is 4.87. The zero-order chi connectivity index (χ0) is 24.9. The van der Waals surface area contributed by atoms with Crippen LogP contribution in [0.4, 0.5) is 26.3 Å². The molecule has 15 heteroatoms. The van der Waals surface area contributed by atoms with Crippen LogP contribution in [-0.2, 0) is 28.6 Å². The van der Waals surface area contributed by atoms with Crippen LogP contribution in [0.1, 0.15) is 17.1 Å². The topological polar surface area (TPSA) is 85.7 Å². The van der Waals surface area contributed by atoms with Gasteiger partial charge >= 0.3 is 18.2 Å². The highest BCUT2D eigenvalue weighted by Crippen LogP contribution is 2.36. The summed E-state index contributed by atoms with van der Waals surface area (Å²) >= 11 is 5.70. The number of aromatic nitrogens is 4. The van der Waals surface area contributed by atoms with Gasteiger partial charge in [-0.05, 0) is 30.3 Å². The minimum Gasteiger partial charge on any atom is -0.329 e. The lowest BCUT2D eigenvalue weighted by molar-refractivity contribution is -0.159. The highest BCUT2D eigenvalue weighted by atomic mass is 35.5. The molecule has 0 bridgehead atoms. The smallest absolute Gasteiger partial charge is 0.329 e. The summed E-state index contributed by atoms with van der Waals surface area (Å²) in [5, 5.41) is 2.73. The summed E-state index contributed by atoms with van der Waals surface area (Å²) in [6.07, 6.45) is -5.23. The van der Waals surface area contributed by atoms with Crippen LogP contribution in [0.15, 0.2) is 56.5 Å². The number of imidazole rings is 1. The van der Waals surface area contributed by atoms with Gasteiger partial charge < -0.3 is 8.92 Å². The molecule has 3 aromatic heterocycles. The van der Waals surface area contributed by atoms with E-state index in [0.29, 0.717) is 11.3 Å². The molecule has 4 rings (SSSR count). The molecule has 1 unspecified atom stereocenters. The SMILES string of the molecule is CS(=O)(=NCc1cn2cc(-c3noc(C(F)(F)F)n3)ccc2n1)c1ccc(C(F)(F)F)c(Cl)c1. The first-order valence-corrected chi connectivity index (χ1v) is 11.5. The van der Waals surface area contributed by atoms with E-state index in [-0.39, 0.29) is 22.8 Å². The molecule has 1 aromatic carbocycles. The van der Waals surface area contributed by atoms with Crippen molar-refractivity contribution in [2.24, 2.45) is 4.36 Å². The fraction of sp³-hybridized carbons (Fsp3) is 0.211. The third-order valence-electron chi connectivity index (χ3n) is 4.58. The van der Waals surface area contributed by atoms with Crippen LogP contribution < -0.4 is 0 Å². The predicted octanol–water partition coefficient (Wildman–Crippen LogP) is 5.73. The Bertz CT molecular complexity index is 1500. The molecular weight excluding hydrogens is 512 g/mol. The van der Waals surface area contributed by atoms with Crippen LogP contribution in [0.5, 0.6) is 0 Å². The Morgan fingerprint density at radius 2 is 1.79 bits per heavy atom. The van der Waals surface area contributed by atoms with Crippen molar-refractivity contribution in [2.45, 2.75) is 23.8 Å². The van der Waals surface area contributed by atoms with Gasteiger partial charge in [-0.1, -0.05) is 16.8 Å². The Hall–Kier alpha value is -3.13. The quantitative estimate of drug-likeness (QED) is 0.319. The number of pyridine rings is 1. The van der Waals surface area contributed by atoms with Crippen LogP contribution in [0.3, 0.4) is 0 Å². The first kappa shape index (κ1) is 24.0. The van der Waals surface area contributed by atoms with Crippen LogP contribution >= 0.6 is 11.6 Å². The lowest BCUT2D eigenvalue weighted by Gasteiger charge is -2.11. The average Bonchev–Trinajstić information content (AvgIpc) is 3.37. The molecule has 0 aliphatic carbocycles. The van der Waals surface area contributed by atoms with Gasteiger partial charge in [0.15, 0.2) is 0 Å². The van der Waals surface area contributed by atoms with Gasteiger partial charge in [-0.15, -0.1) is 0 Å². The maximum absolute atomic E-state index is 13.0. The second kappa shape index (κ2) is 8.27. The number of rotatable bonds is 4. The molecule has 7 nitrogen and oxygen atoms in total. The molecule has 4 aromatic rings. The Kier molecular flexibility index (Phi) is 5.84. The number of benzene rings is 1. The van der Waals surface area contributed by atoms with Gasteiger partial charge in [0.2, 0.25) is 5.82 Å².